The number of nitrogens with zero attached hydrogens (tertiary/aromatic N) is 1. The Balaban J connectivity index is 2.00. The molecule has 0 aromatic heterocycles. The molecule has 3 N–H and O–H groups in total. The van der Waals surface area contributed by atoms with Gasteiger partial charge in [-0.05, 0) is 30.7 Å². The highest BCUT2D eigenvalue weighted by molar-refractivity contribution is 5.97. The van der Waals surface area contributed by atoms with E-state index < -0.39 is 6.04 Å². The largest absolute Gasteiger partial charge is 0.325 e. The lowest BCUT2D eigenvalue weighted by Crippen LogP contribution is -2.35. The molecule has 1 aromatic carbocycles. The van der Waals surface area contributed by atoms with Crippen LogP contribution in [0.3, 0.4) is 0 Å². The van der Waals surface area contributed by atoms with E-state index in [1.165, 1.54) is 0 Å². The van der Waals surface area contributed by atoms with Crippen molar-refractivity contribution in [2.75, 3.05) is 16.8 Å². The fourth-order valence-corrected chi connectivity index (χ4v) is 2.10. The highest BCUT2D eigenvalue weighted by Crippen LogP contribution is 2.23. The highest BCUT2D eigenvalue weighted by atomic mass is 16.2. The molecule has 1 aliphatic heterocycles. The van der Waals surface area contributed by atoms with Crippen LogP contribution in [0, 0.1) is 12.3 Å². The number of carbonyl (C=O) groups is 2. The Morgan fingerprint density at radius 1 is 1.45 bits per heavy atom. The summed E-state index contributed by atoms with van der Waals surface area (Å²) in [6.07, 6.45) is 6.80. The number of hydrogen-bond donors (Lipinski definition) is 2. The van der Waals surface area contributed by atoms with Gasteiger partial charge in [-0.2, -0.15) is 0 Å². The van der Waals surface area contributed by atoms with Crippen molar-refractivity contribution in [1.82, 2.24) is 0 Å². The third-order valence-electron chi connectivity index (χ3n) is 3.19. The Morgan fingerprint density at radius 2 is 2.15 bits per heavy atom. The smallest absolute Gasteiger partial charge is 0.242 e. The molecule has 0 aliphatic carbocycles. The van der Waals surface area contributed by atoms with Crippen molar-refractivity contribution >= 4 is 23.2 Å². The summed E-state index contributed by atoms with van der Waals surface area (Å²) in [7, 11) is 0. The van der Waals surface area contributed by atoms with Crippen LogP contribution in [0.4, 0.5) is 11.4 Å². The molecule has 1 aromatic rings. The Morgan fingerprint density at radius 3 is 2.70 bits per heavy atom. The second-order valence-electron chi connectivity index (χ2n) is 4.70. The highest BCUT2D eigenvalue weighted by Gasteiger charge is 2.21. The van der Waals surface area contributed by atoms with E-state index in [0.29, 0.717) is 12.1 Å². The fraction of sp³-hybridized carbons (Fsp3) is 0.333. The van der Waals surface area contributed by atoms with Crippen molar-refractivity contribution in [3.05, 3.63) is 24.3 Å². The average Bonchev–Trinajstić information content (AvgIpc) is 2.86. The van der Waals surface area contributed by atoms with Gasteiger partial charge in [-0.1, -0.05) is 0 Å². The number of rotatable bonds is 4. The summed E-state index contributed by atoms with van der Waals surface area (Å²) >= 11 is 0. The maximum Gasteiger partial charge on any atom is 0.242 e. The van der Waals surface area contributed by atoms with Crippen LogP contribution in [-0.2, 0) is 9.59 Å². The zero-order chi connectivity index (χ0) is 14.5. The Bertz CT molecular complexity index is 545. The molecule has 0 saturated carbocycles. The van der Waals surface area contributed by atoms with E-state index in [1.807, 2.05) is 12.1 Å². The molecule has 20 heavy (non-hydrogen) atoms. The monoisotopic (exact) mass is 271 g/mol. The molecule has 1 unspecified atom stereocenters. The molecule has 1 atom stereocenters. The lowest BCUT2D eigenvalue weighted by atomic mass is 10.2. The predicted molar refractivity (Wildman–Crippen MR) is 78.1 cm³/mol. The fourth-order valence-electron chi connectivity index (χ4n) is 2.10. The topological polar surface area (TPSA) is 75.4 Å². The Labute approximate surface area is 118 Å². The summed E-state index contributed by atoms with van der Waals surface area (Å²) < 4.78 is 0. The number of anilines is 2. The normalized spacial score (nSPS) is 15.8. The lowest BCUT2D eigenvalue weighted by Gasteiger charge is -2.16. The molecule has 1 heterocycles. The quantitative estimate of drug-likeness (QED) is 0.805. The molecule has 1 fully saturated rings. The van der Waals surface area contributed by atoms with Gasteiger partial charge in [0.25, 0.3) is 0 Å². The minimum atomic E-state index is -0.708. The molecule has 0 spiro atoms. The molecule has 0 radical (unpaired) electrons. The van der Waals surface area contributed by atoms with Gasteiger partial charge < -0.3 is 16.0 Å². The number of amides is 2. The molecule has 104 valence electrons. The standard InChI is InChI=1S/C15H17N3O2/c1-2-4-13(16)15(20)17-11-6-8-12(9-7-11)18-10-3-5-14(18)19/h1,6-9,13H,3-5,10,16H2,(H,17,20). The number of nitrogens with two attached hydrogens (primary N) is 1. The van der Waals surface area contributed by atoms with Crippen molar-refractivity contribution < 1.29 is 9.59 Å². The van der Waals surface area contributed by atoms with E-state index >= 15 is 0 Å². The van der Waals surface area contributed by atoms with Crippen LogP contribution in [0.1, 0.15) is 19.3 Å². The molecule has 0 bridgehead atoms. The molecule has 2 rings (SSSR count). The van der Waals surface area contributed by atoms with Gasteiger partial charge in [0, 0.05) is 30.8 Å². The van der Waals surface area contributed by atoms with Gasteiger partial charge in [0.1, 0.15) is 0 Å². The van der Waals surface area contributed by atoms with E-state index in [4.69, 9.17) is 12.2 Å². The van der Waals surface area contributed by atoms with E-state index in [1.54, 1.807) is 17.0 Å². The van der Waals surface area contributed by atoms with Crippen molar-refractivity contribution in [1.29, 1.82) is 0 Å². The Kier molecular flexibility index (Phi) is 4.38. The maximum absolute atomic E-state index is 11.7. The van der Waals surface area contributed by atoms with Gasteiger partial charge >= 0.3 is 0 Å². The van der Waals surface area contributed by atoms with Gasteiger partial charge in [0.15, 0.2) is 0 Å². The number of hydrogen-bond acceptors (Lipinski definition) is 3. The third kappa shape index (κ3) is 3.16. The second-order valence-corrected chi connectivity index (χ2v) is 4.70. The minimum absolute atomic E-state index is 0.137. The van der Waals surface area contributed by atoms with Crippen LogP contribution in [0.25, 0.3) is 0 Å². The van der Waals surface area contributed by atoms with Crippen molar-refractivity contribution in [3.8, 4) is 12.3 Å². The minimum Gasteiger partial charge on any atom is -0.325 e. The van der Waals surface area contributed by atoms with E-state index in [0.717, 1.165) is 18.7 Å². The van der Waals surface area contributed by atoms with Crippen LogP contribution in [-0.4, -0.2) is 24.4 Å². The summed E-state index contributed by atoms with van der Waals surface area (Å²) in [6, 6.07) is 6.42. The van der Waals surface area contributed by atoms with Crippen LogP contribution in [0.5, 0.6) is 0 Å². The predicted octanol–water partition coefficient (Wildman–Crippen LogP) is 1.10. The summed E-state index contributed by atoms with van der Waals surface area (Å²) in [5.41, 5.74) is 7.10. The summed E-state index contributed by atoms with van der Waals surface area (Å²) in [4.78, 5) is 25.1. The first-order valence-corrected chi connectivity index (χ1v) is 6.52. The van der Waals surface area contributed by atoms with Crippen LogP contribution in [0.2, 0.25) is 0 Å². The van der Waals surface area contributed by atoms with E-state index in [-0.39, 0.29) is 18.2 Å². The third-order valence-corrected chi connectivity index (χ3v) is 3.19. The van der Waals surface area contributed by atoms with Gasteiger partial charge in [-0.3, -0.25) is 9.59 Å². The number of terminal acetylenes is 1. The number of benzene rings is 1. The zero-order valence-electron chi connectivity index (χ0n) is 11.1. The Hall–Kier alpha value is -2.32. The molecule has 5 heteroatoms. The first-order chi connectivity index (χ1) is 9.61. The van der Waals surface area contributed by atoms with Gasteiger partial charge in [0.05, 0.1) is 6.04 Å². The first-order valence-electron chi connectivity index (χ1n) is 6.52. The van der Waals surface area contributed by atoms with Gasteiger partial charge in [-0.25, -0.2) is 0 Å². The summed E-state index contributed by atoms with van der Waals surface area (Å²) in [5, 5.41) is 2.69. The first kappa shape index (κ1) is 14.1. The van der Waals surface area contributed by atoms with Crippen LogP contribution >= 0.6 is 0 Å². The van der Waals surface area contributed by atoms with Crippen molar-refractivity contribution in [3.63, 3.8) is 0 Å². The molecular formula is C15H17N3O2. The molecule has 2 amide bonds. The van der Waals surface area contributed by atoms with Gasteiger partial charge in [0.2, 0.25) is 11.8 Å². The van der Waals surface area contributed by atoms with Crippen LogP contribution < -0.4 is 16.0 Å². The van der Waals surface area contributed by atoms with Crippen LogP contribution in [0.15, 0.2) is 24.3 Å². The molecule has 1 aliphatic rings. The van der Waals surface area contributed by atoms with Crippen molar-refractivity contribution in [2.24, 2.45) is 5.73 Å². The second kappa shape index (κ2) is 6.22. The molecular weight excluding hydrogens is 254 g/mol. The van der Waals surface area contributed by atoms with E-state index in [9.17, 15) is 9.59 Å². The lowest BCUT2D eigenvalue weighted by molar-refractivity contribution is -0.118. The van der Waals surface area contributed by atoms with Gasteiger partial charge in [-0.15, -0.1) is 12.3 Å². The number of carbonyl (C=O) groups excluding carboxylic acids is 2. The SMILES string of the molecule is C#CCC(N)C(=O)Nc1ccc(N2CCCC2=O)cc1. The maximum atomic E-state index is 11.7. The van der Waals surface area contributed by atoms with Crippen molar-refractivity contribution in [2.45, 2.75) is 25.3 Å². The zero-order valence-corrected chi connectivity index (χ0v) is 11.1. The van der Waals surface area contributed by atoms with E-state index in [2.05, 4.69) is 11.2 Å². The molecule has 5 nitrogen and oxygen atoms in total. The average molecular weight is 271 g/mol. The summed E-state index contributed by atoms with van der Waals surface area (Å²) in [6.45, 7) is 0.748. The number of nitrogens with one attached hydrogen (secondary N) is 1. The molecule has 1 saturated heterocycles. The summed E-state index contributed by atoms with van der Waals surface area (Å²) in [5.74, 6) is 2.18.